The average Bonchev–Trinajstić information content (AvgIpc) is 2.39. The molecule has 2 aromatic carbocycles. The Hall–Kier alpha value is -1.87. The monoisotopic (exact) mass is 260 g/mol. The van der Waals surface area contributed by atoms with Crippen LogP contribution in [-0.4, -0.2) is 12.2 Å². The van der Waals surface area contributed by atoms with Crippen molar-refractivity contribution in [3.05, 3.63) is 65.0 Å². The lowest BCUT2D eigenvalue weighted by molar-refractivity contribution is 0.177. The lowest BCUT2D eigenvalue weighted by atomic mass is 9.99. The summed E-state index contributed by atoms with van der Waals surface area (Å²) in [6, 6.07) is 11.8. The van der Waals surface area contributed by atoms with Gasteiger partial charge in [-0.3, -0.25) is 0 Å². The summed E-state index contributed by atoms with van der Waals surface area (Å²) in [5, 5.41) is 10.2. The Morgan fingerprint density at radius 3 is 2.68 bits per heavy atom. The molecule has 1 atom stereocenters. The molecule has 0 amide bonds. The van der Waals surface area contributed by atoms with Crippen LogP contribution in [0.25, 0.3) is 0 Å². The first kappa shape index (κ1) is 13.6. The topological polar surface area (TPSA) is 29.5 Å². The number of hydrogen-bond acceptors (Lipinski definition) is 2. The summed E-state index contributed by atoms with van der Waals surface area (Å²) in [6.45, 7) is 1.98. The number of aliphatic hydroxyl groups is 1. The first-order chi connectivity index (χ1) is 9.10. The number of aryl methyl sites for hydroxylation is 1. The van der Waals surface area contributed by atoms with Crippen LogP contribution >= 0.6 is 0 Å². The number of aliphatic hydroxyl groups excluding tert-OH is 1. The second kappa shape index (κ2) is 5.85. The molecule has 0 aliphatic carbocycles. The summed E-state index contributed by atoms with van der Waals surface area (Å²) in [4.78, 5) is 0. The van der Waals surface area contributed by atoms with E-state index in [2.05, 4.69) is 0 Å². The number of methoxy groups -OCH3 is 1. The first-order valence-electron chi connectivity index (χ1n) is 6.17. The van der Waals surface area contributed by atoms with Gasteiger partial charge in [0.05, 0.1) is 13.2 Å². The fourth-order valence-corrected chi connectivity index (χ4v) is 2.11. The minimum absolute atomic E-state index is 0.340. The lowest BCUT2D eigenvalue weighted by Crippen LogP contribution is -2.04. The summed E-state index contributed by atoms with van der Waals surface area (Å²) >= 11 is 0. The van der Waals surface area contributed by atoms with Crippen molar-refractivity contribution in [1.29, 1.82) is 0 Å². The molecule has 0 aliphatic heterocycles. The van der Waals surface area contributed by atoms with Gasteiger partial charge in [-0.15, -0.1) is 0 Å². The van der Waals surface area contributed by atoms with Crippen LogP contribution in [0.4, 0.5) is 4.39 Å². The number of rotatable bonds is 4. The highest BCUT2D eigenvalue weighted by Gasteiger charge is 2.12. The maximum Gasteiger partial charge on any atom is 0.123 e. The molecule has 2 aromatic rings. The van der Waals surface area contributed by atoms with Gasteiger partial charge in [0, 0.05) is 6.42 Å². The fourth-order valence-electron chi connectivity index (χ4n) is 2.11. The molecule has 1 N–H and O–H groups in total. The van der Waals surface area contributed by atoms with Crippen molar-refractivity contribution in [1.82, 2.24) is 0 Å². The van der Waals surface area contributed by atoms with Gasteiger partial charge in [-0.1, -0.05) is 29.8 Å². The molecule has 0 saturated carbocycles. The molecule has 3 heteroatoms. The predicted octanol–water partition coefficient (Wildman–Crippen LogP) is 3.42. The highest BCUT2D eigenvalue weighted by molar-refractivity contribution is 5.38. The maximum atomic E-state index is 13.1. The Bertz CT molecular complexity index is 566. The van der Waals surface area contributed by atoms with Gasteiger partial charge in [-0.25, -0.2) is 4.39 Å². The molecule has 0 aromatic heterocycles. The van der Waals surface area contributed by atoms with Gasteiger partial charge in [0.2, 0.25) is 0 Å². The molecule has 100 valence electrons. The van der Waals surface area contributed by atoms with Crippen LogP contribution in [-0.2, 0) is 6.42 Å². The van der Waals surface area contributed by atoms with E-state index in [1.165, 1.54) is 12.1 Å². The zero-order valence-corrected chi connectivity index (χ0v) is 11.1. The molecule has 0 fully saturated rings. The summed E-state index contributed by atoms with van der Waals surface area (Å²) < 4.78 is 18.4. The minimum Gasteiger partial charge on any atom is -0.496 e. The van der Waals surface area contributed by atoms with E-state index in [0.717, 1.165) is 16.9 Å². The summed E-state index contributed by atoms with van der Waals surface area (Å²) in [6.07, 6.45) is -0.347. The summed E-state index contributed by atoms with van der Waals surface area (Å²) in [5.74, 6) is 0.397. The van der Waals surface area contributed by atoms with E-state index in [4.69, 9.17) is 4.74 Å². The van der Waals surface area contributed by atoms with Crippen LogP contribution in [0.5, 0.6) is 5.75 Å². The van der Waals surface area contributed by atoms with Gasteiger partial charge in [-0.05, 0) is 36.2 Å². The van der Waals surface area contributed by atoms with E-state index < -0.39 is 6.10 Å². The van der Waals surface area contributed by atoms with E-state index in [9.17, 15) is 9.50 Å². The van der Waals surface area contributed by atoms with Crippen LogP contribution in [0.15, 0.2) is 42.5 Å². The molecule has 0 saturated heterocycles. The van der Waals surface area contributed by atoms with Gasteiger partial charge in [0.25, 0.3) is 0 Å². The third-order valence-electron chi connectivity index (χ3n) is 3.08. The number of halogens is 1. The number of ether oxygens (including phenoxy) is 1. The van der Waals surface area contributed by atoms with E-state index in [-0.39, 0.29) is 5.82 Å². The fraction of sp³-hybridized carbons (Fsp3) is 0.250. The van der Waals surface area contributed by atoms with Crippen molar-refractivity contribution in [2.24, 2.45) is 0 Å². The highest BCUT2D eigenvalue weighted by atomic mass is 19.1. The third kappa shape index (κ3) is 3.32. The van der Waals surface area contributed by atoms with Gasteiger partial charge >= 0.3 is 0 Å². The second-order valence-electron chi connectivity index (χ2n) is 4.59. The Kier molecular flexibility index (Phi) is 4.17. The molecular weight excluding hydrogens is 243 g/mol. The Labute approximate surface area is 112 Å². The Morgan fingerprint density at radius 1 is 1.21 bits per heavy atom. The second-order valence-corrected chi connectivity index (χ2v) is 4.59. The molecule has 2 nitrogen and oxygen atoms in total. The molecular formula is C16H17FO2. The van der Waals surface area contributed by atoms with Gasteiger partial charge in [0.1, 0.15) is 11.6 Å². The zero-order valence-electron chi connectivity index (χ0n) is 11.1. The molecule has 0 heterocycles. The van der Waals surface area contributed by atoms with Crippen molar-refractivity contribution in [3.8, 4) is 5.75 Å². The van der Waals surface area contributed by atoms with Gasteiger partial charge in [-0.2, -0.15) is 0 Å². The SMILES string of the molecule is COc1ccc(C)cc1CC(O)c1cccc(F)c1. The van der Waals surface area contributed by atoms with E-state index in [1.807, 2.05) is 25.1 Å². The molecule has 0 aliphatic rings. The third-order valence-corrected chi connectivity index (χ3v) is 3.08. The predicted molar refractivity (Wildman–Crippen MR) is 72.8 cm³/mol. The normalized spacial score (nSPS) is 12.2. The molecule has 0 bridgehead atoms. The quantitative estimate of drug-likeness (QED) is 0.912. The molecule has 0 spiro atoms. The zero-order chi connectivity index (χ0) is 13.8. The van der Waals surface area contributed by atoms with Crippen LogP contribution in [0.2, 0.25) is 0 Å². The van der Waals surface area contributed by atoms with E-state index in [1.54, 1.807) is 19.2 Å². The molecule has 0 radical (unpaired) electrons. The summed E-state index contributed by atoms with van der Waals surface area (Å²) in [5.41, 5.74) is 2.59. The smallest absolute Gasteiger partial charge is 0.123 e. The van der Waals surface area contributed by atoms with Crippen molar-refractivity contribution in [2.75, 3.05) is 7.11 Å². The van der Waals surface area contributed by atoms with Crippen LogP contribution < -0.4 is 4.74 Å². The van der Waals surface area contributed by atoms with Crippen LogP contribution in [0.3, 0.4) is 0 Å². The largest absolute Gasteiger partial charge is 0.496 e. The molecule has 19 heavy (non-hydrogen) atoms. The standard InChI is InChI=1S/C16H17FO2/c1-11-6-7-16(19-2)13(8-11)10-15(18)12-4-3-5-14(17)9-12/h3-9,15,18H,10H2,1-2H3. The minimum atomic E-state index is -0.744. The highest BCUT2D eigenvalue weighted by Crippen LogP contribution is 2.26. The van der Waals surface area contributed by atoms with Gasteiger partial charge in [0.15, 0.2) is 0 Å². The van der Waals surface area contributed by atoms with Crippen molar-refractivity contribution in [2.45, 2.75) is 19.4 Å². The lowest BCUT2D eigenvalue weighted by Gasteiger charge is -2.14. The first-order valence-corrected chi connectivity index (χ1v) is 6.17. The van der Waals surface area contributed by atoms with E-state index >= 15 is 0 Å². The van der Waals surface area contributed by atoms with Gasteiger partial charge < -0.3 is 9.84 Å². The number of hydrogen-bond donors (Lipinski definition) is 1. The van der Waals surface area contributed by atoms with E-state index in [0.29, 0.717) is 12.0 Å². The van der Waals surface area contributed by atoms with Crippen LogP contribution in [0, 0.1) is 12.7 Å². The van der Waals surface area contributed by atoms with Crippen molar-refractivity contribution in [3.63, 3.8) is 0 Å². The summed E-state index contributed by atoms with van der Waals surface area (Å²) in [7, 11) is 1.60. The van der Waals surface area contributed by atoms with Crippen LogP contribution in [0.1, 0.15) is 22.8 Å². The van der Waals surface area contributed by atoms with Crippen molar-refractivity contribution < 1.29 is 14.2 Å². The Balaban J connectivity index is 2.23. The maximum absolute atomic E-state index is 13.1. The Morgan fingerprint density at radius 2 is 2.00 bits per heavy atom. The number of benzene rings is 2. The average molecular weight is 260 g/mol. The molecule has 1 unspecified atom stereocenters. The van der Waals surface area contributed by atoms with Crippen molar-refractivity contribution >= 4 is 0 Å². The molecule has 2 rings (SSSR count).